The van der Waals surface area contributed by atoms with Crippen LogP contribution >= 0.6 is 9.13 Å². The number of carbonyl (C=O) groups excluding carboxylic acids is 3. The first kappa shape index (κ1) is 22.5. The number of rotatable bonds is 12. The molecular formula is C14H28N3O4SSb. The molecule has 0 heterocycles. The molecule has 4 N–H and O–H groups in total. The SMILES string of the molecule is CC[CH2][Sb]([CH2]C(=O)NC(CC(C)C)C(=O)NCC(N)=O)[S]OC. The van der Waals surface area contributed by atoms with Crippen molar-refractivity contribution < 1.29 is 18.6 Å². The van der Waals surface area contributed by atoms with E-state index in [2.05, 4.69) is 17.6 Å². The van der Waals surface area contributed by atoms with Gasteiger partial charge in [0.1, 0.15) is 0 Å². The molecule has 0 saturated heterocycles. The normalized spacial score (nSPS) is 12.3. The van der Waals surface area contributed by atoms with Crippen molar-refractivity contribution in [3.63, 3.8) is 0 Å². The van der Waals surface area contributed by atoms with E-state index < -0.39 is 30.8 Å². The Morgan fingerprint density at radius 2 is 1.96 bits per heavy atom. The summed E-state index contributed by atoms with van der Waals surface area (Å²) in [5.41, 5.74) is 5.03. The standard InChI is InChI=1S/C10H18N3O3.C3H7.CH4OS.Sb/c1-6(2)4-8(13-7(3)14)10(16)12-5-9(11)15;1-3-2;1-2-3;/h6,8H,3-5H2,1-2H3,(H2,11,15)(H,12,16)(H,13,14);1,3H2,2H3;3H,1H3;/q;;;+1/p-1. The van der Waals surface area contributed by atoms with Gasteiger partial charge in [-0.15, -0.1) is 0 Å². The van der Waals surface area contributed by atoms with E-state index in [9.17, 15) is 14.4 Å². The zero-order valence-electron chi connectivity index (χ0n) is 14.3. The Morgan fingerprint density at radius 1 is 1.30 bits per heavy atom. The average molecular weight is 456 g/mol. The van der Waals surface area contributed by atoms with E-state index in [4.69, 9.17) is 9.92 Å². The maximum absolute atomic E-state index is 12.2. The Hall–Kier alpha value is -0.462. The molecule has 1 atom stereocenters. The summed E-state index contributed by atoms with van der Waals surface area (Å²) in [7, 11) is 3.07. The molecule has 23 heavy (non-hydrogen) atoms. The number of nitrogens with two attached hydrogens (primary N) is 1. The second-order valence-corrected chi connectivity index (χ2v) is 15.7. The Kier molecular flexibility index (Phi) is 12.6. The topological polar surface area (TPSA) is 111 Å². The third-order valence-corrected chi connectivity index (χ3v) is 12.8. The number of primary amides is 1. The van der Waals surface area contributed by atoms with Crippen molar-refractivity contribution in [2.75, 3.05) is 13.7 Å². The summed E-state index contributed by atoms with van der Waals surface area (Å²) in [5.74, 6) is -0.863. The van der Waals surface area contributed by atoms with Gasteiger partial charge in [0, 0.05) is 0 Å². The first-order valence-corrected chi connectivity index (χ1v) is 15.0. The van der Waals surface area contributed by atoms with Crippen molar-refractivity contribution in [3.8, 4) is 0 Å². The van der Waals surface area contributed by atoms with Crippen LogP contribution in [0.2, 0.25) is 8.73 Å². The second-order valence-electron chi connectivity index (χ2n) is 5.54. The molecule has 0 aliphatic carbocycles. The minimum absolute atomic E-state index is 0.120. The van der Waals surface area contributed by atoms with Gasteiger partial charge in [-0.05, 0) is 0 Å². The fraction of sp³-hybridized carbons (Fsp3) is 0.786. The van der Waals surface area contributed by atoms with Crippen LogP contribution in [0.15, 0.2) is 0 Å². The molecule has 0 rings (SSSR count). The van der Waals surface area contributed by atoms with Crippen molar-refractivity contribution in [1.82, 2.24) is 10.6 Å². The summed E-state index contributed by atoms with van der Waals surface area (Å²) >= 11 is -1.83. The molecule has 7 nitrogen and oxygen atoms in total. The van der Waals surface area contributed by atoms with Crippen LogP contribution in [0.25, 0.3) is 0 Å². The molecule has 134 valence electrons. The third-order valence-electron chi connectivity index (χ3n) is 2.77. The molecule has 1 unspecified atom stereocenters. The quantitative estimate of drug-likeness (QED) is 0.298. The van der Waals surface area contributed by atoms with Crippen LogP contribution in [0.1, 0.15) is 33.6 Å². The summed E-state index contributed by atoms with van der Waals surface area (Å²) in [5, 5.41) is 5.25. The molecule has 0 aromatic rings. The molecule has 0 fully saturated rings. The number of hydrogen-bond acceptors (Lipinski definition) is 5. The van der Waals surface area contributed by atoms with Gasteiger partial charge < -0.3 is 0 Å². The average Bonchev–Trinajstić information content (AvgIpc) is 2.44. The van der Waals surface area contributed by atoms with Crippen LogP contribution in [-0.2, 0) is 18.6 Å². The van der Waals surface area contributed by atoms with Crippen molar-refractivity contribution in [1.29, 1.82) is 0 Å². The van der Waals surface area contributed by atoms with E-state index >= 15 is 0 Å². The molecule has 0 bridgehead atoms. The van der Waals surface area contributed by atoms with Gasteiger partial charge in [-0.2, -0.15) is 0 Å². The molecular weight excluding hydrogens is 428 g/mol. The van der Waals surface area contributed by atoms with E-state index in [1.54, 1.807) is 7.11 Å². The Bertz CT molecular complexity index is 390. The molecule has 9 heteroatoms. The number of nitrogens with one attached hydrogen (secondary N) is 2. The third kappa shape index (κ3) is 11.7. The Labute approximate surface area is 148 Å². The zero-order chi connectivity index (χ0) is 17.8. The Morgan fingerprint density at radius 3 is 2.43 bits per heavy atom. The molecule has 3 amide bonds. The predicted octanol–water partition coefficient (Wildman–Crippen LogP) is 0.815. The van der Waals surface area contributed by atoms with Crippen LogP contribution in [0, 0.1) is 5.92 Å². The molecule has 0 spiro atoms. The molecule has 0 saturated carbocycles. The molecule has 0 aliphatic rings. The van der Waals surface area contributed by atoms with Crippen molar-refractivity contribution in [2.45, 2.75) is 48.4 Å². The summed E-state index contributed by atoms with van der Waals surface area (Å²) in [6, 6.07) is -0.640. The van der Waals surface area contributed by atoms with E-state index in [-0.39, 0.29) is 24.3 Å². The summed E-state index contributed by atoms with van der Waals surface area (Å²) in [6.07, 6.45) is 1.54. The van der Waals surface area contributed by atoms with Crippen molar-refractivity contribution >= 4 is 45.7 Å². The monoisotopic (exact) mass is 455 g/mol. The van der Waals surface area contributed by atoms with Crippen LogP contribution in [0.4, 0.5) is 0 Å². The molecule has 0 aromatic carbocycles. The van der Waals surface area contributed by atoms with E-state index in [1.165, 1.54) is 9.13 Å². The fourth-order valence-corrected chi connectivity index (χ4v) is 10.2. The van der Waals surface area contributed by atoms with Gasteiger partial charge >= 0.3 is 149 Å². The van der Waals surface area contributed by atoms with E-state index in [1.807, 2.05) is 13.8 Å². The van der Waals surface area contributed by atoms with Crippen molar-refractivity contribution in [3.05, 3.63) is 0 Å². The van der Waals surface area contributed by atoms with Crippen LogP contribution in [-0.4, -0.2) is 56.2 Å². The Balaban J connectivity index is 4.63. The number of amides is 3. The van der Waals surface area contributed by atoms with Gasteiger partial charge in [0.2, 0.25) is 0 Å². The molecule has 0 aromatic heterocycles. The molecule has 0 aliphatic heterocycles. The minimum atomic E-state index is -1.83. The second kappa shape index (κ2) is 12.9. The van der Waals surface area contributed by atoms with Gasteiger partial charge in [-0.25, -0.2) is 0 Å². The summed E-state index contributed by atoms with van der Waals surface area (Å²) < 4.78 is 6.63. The summed E-state index contributed by atoms with van der Waals surface area (Å²) in [6.45, 7) is 5.81. The van der Waals surface area contributed by atoms with Crippen LogP contribution in [0.3, 0.4) is 0 Å². The first-order valence-electron chi connectivity index (χ1n) is 7.61. The van der Waals surface area contributed by atoms with E-state index in [0.29, 0.717) is 10.8 Å². The van der Waals surface area contributed by atoms with Gasteiger partial charge in [-0.1, -0.05) is 0 Å². The van der Waals surface area contributed by atoms with Crippen LogP contribution in [0.5, 0.6) is 0 Å². The van der Waals surface area contributed by atoms with Gasteiger partial charge in [0.25, 0.3) is 0 Å². The van der Waals surface area contributed by atoms with Crippen LogP contribution < -0.4 is 16.4 Å². The van der Waals surface area contributed by atoms with Gasteiger partial charge in [-0.3, -0.25) is 0 Å². The number of carbonyl (C=O) groups is 3. The van der Waals surface area contributed by atoms with Gasteiger partial charge in [0.05, 0.1) is 0 Å². The van der Waals surface area contributed by atoms with Gasteiger partial charge in [0.15, 0.2) is 0 Å². The van der Waals surface area contributed by atoms with E-state index in [0.717, 1.165) is 10.8 Å². The maximum atomic E-state index is 12.2. The zero-order valence-corrected chi connectivity index (χ0v) is 17.6. The predicted molar refractivity (Wildman–Crippen MR) is 93.8 cm³/mol. The molecule has 0 radical (unpaired) electrons. The number of hydrogen-bond donors (Lipinski definition) is 3. The van der Waals surface area contributed by atoms with Crippen molar-refractivity contribution in [2.24, 2.45) is 11.7 Å². The first-order chi connectivity index (χ1) is 10.8. The summed E-state index contributed by atoms with van der Waals surface area (Å²) in [4.78, 5) is 35.1. The fourth-order valence-electron chi connectivity index (χ4n) is 1.90.